The zero-order chi connectivity index (χ0) is 14.2. The van der Waals surface area contributed by atoms with Crippen LogP contribution in [0.25, 0.3) is 0 Å². The minimum Gasteiger partial charge on any atom is -0.418 e. The maximum atomic E-state index is 6.37. The van der Waals surface area contributed by atoms with E-state index in [0.29, 0.717) is 0 Å². The predicted octanol–water partition coefficient (Wildman–Crippen LogP) is 1.84. The van der Waals surface area contributed by atoms with Gasteiger partial charge >= 0.3 is 35.1 Å². The molecular weight excluding hydrogens is 298 g/mol. The average Bonchev–Trinajstić information content (AvgIpc) is 2.09. The van der Waals surface area contributed by atoms with E-state index in [1.54, 1.807) is 0 Å². The maximum absolute atomic E-state index is 6.37. The molecule has 2 unspecified atom stereocenters. The van der Waals surface area contributed by atoms with Crippen molar-refractivity contribution < 1.29 is 16.5 Å². The zero-order valence-electron chi connectivity index (χ0n) is 12.9. The van der Waals surface area contributed by atoms with Crippen molar-refractivity contribution in [1.82, 2.24) is 4.57 Å². The van der Waals surface area contributed by atoms with E-state index in [1.807, 2.05) is 0 Å². The first kappa shape index (κ1) is 16.7. The molecule has 0 N–H and O–H groups in total. The van der Waals surface area contributed by atoms with Gasteiger partial charge in [-0.15, -0.1) is 0 Å². The molecule has 1 saturated heterocycles. The molecule has 0 bridgehead atoms. The van der Waals surface area contributed by atoms with Gasteiger partial charge in [-0.2, -0.15) is 0 Å². The lowest BCUT2D eigenvalue weighted by Gasteiger charge is -2.46. The molecule has 0 amide bonds. The molecule has 0 radical (unpaired) electrons. The van der Waals surface area contributed by atoms with E-state index >= 15 is 0 Å². The highest BCUT2D eigenvalue weighted by Gasteiger charge is 2.50. The summed E-state index contributed by atoms with van der Waals surface area (Å²) >= 11 is 0. The second-order valence-corrected chi connectivity index (χ2v) is 18.5. The average molecular weight is 326 g/mol. The molecule has 0 aromatic heterocycles. The van der Waals surface area contributed by atoms with Crippen LogP contribution in [0.2, 0.25) is 39.3 Å². The molecule has 0 aromatic rings. The third-order valence-electron chi connectivity index (χ3n) is 2.93. The number of hydrogen-bond donors (Lipinski definition) is 0. The Kier molecular flexibility index (Phi) is 5.18. The van der Waals surface area contributed by atoms with Gasteiger partial charge in [0.15, 0.2) is 0 Å². The summed E-state index contributed by atoms with van der Waals surface area (Å²) < 4.78 is 27.1. The molecule has 9 heteroatoms. The van der Waals surface area contributed by atoms with Gasteiger partial charge in [-0.3, -0.25) is 4.57 Å². The van der Waals surface area contributed by atoms with Gasteiger partial charge in [-0.25, -0.2) is 0 Å². The minimum atomic E-state index is -2.35. The largest absolute Gasteiger partial charge is 0.418 e. The fourth-order valence-corrected chi connectivity index (χ4v) is 20.7. The summed E-state index contributed by atoms with van der Waals surface area (Å²) in [7, 11) is -6.29. The second-order valence-electron chi connectivity index (χ2n) is 5.72. The fourth-order valence-electron chi connectivity index (χ4n) is 2.30. The molecule has 1 aliphatic rings. The van der Waals surface area contributed by atoms with Gasteiger partial charge in [-0.1, -0.05) is 6.92 Å². The molecule has 5 nitrogen and oxygen atoms in total. The Morgan fingerprint density at radius 1 is 0.944 bits per heavy atom. The first-order chi connectivity index (χ1) is 8.00. The normalized spacial score (nSPS) is 36.2. The van der Waals surface area contributed by atoms with Crippen LogP contribution in [0.3, 0.4) is 0 Å². The van der Waals surface area contributed by atoms with Gasteiger partial charge in [-0.05, 0) is 52.9 Å². The number of hydrogen-bond acceptors (Lipinski definition) is 5. The van der Waals surface area contributed by atoms with E-state index in [-0.39, 0.29) is 0 Å². The summed E-state index contributed by atoms with van der Waals surface area (Å²) in [6.45, 7) is 15.5. The van der Waals surface area contributed by atoms with Crippen molar-refractivity contribution in [2.75, 3.05) is 13.6 Å². The lowest BCUT2D eigenvalue weighted by Crippen LogP contribution is -2.67. The molecule has 108 valence electrons. The maximum Gasteiger partial charge on any atom is 0.406 e. The molecule has 0 saturated carbocycles. The van der Waals surface area contributed by atoms with Crippen molar-refractivity contribution in [1.29, 1.82) is 0 Å². The van der Waals surface area contributed by atoms with E-state index < -0.39 is 35.1 Å². The van der Waals surface area contributed by atoms with Crippen molar-refractivity contribution in [2.24, 2.45) is 0 Å². The van der Waals surface area contributed by atoms with E-state index in [4.69, 9.17) is 16.5 Å². The summed E-state index contributed by atoms with van der Waals surface area (Å²) in [5.74, 6) is 0. The van der Waals surface area contributed by atoms with E-state index in [0.717, 1.165) is 6.54 Å². The molecule has 0 spiro atoms. The van der Waals surface area contributed by atoms with Crippen LogP contribution in [0.4, 0.5) is 0 Å². The highest BCUT2D eigenvalue weighted by molar-refractivity contribution is 6.88. The lowest BCUT2D eigenvalue weighted by molar-refractivity contribution is 0.206. The Bertz CT molecular complexity index is 304. The van der Waals surface area contributed by atoms with Crippen LogP contribution in [0, 0.1) is 0 Å². The first-order valence-corrected chi connectivity index (χ1v) is 16.5. The Morgan fingerprint density at radius 3 is 2.00 bits per heavy atom. The van der Waals surface area contributed by atoms with Gasteiger partial charge in [0.05, 0.1) is 0 Å². The third kappa shape index (κ3) is 4.35. The van der Waals surface area contributed by atoms with Gasteiger partial charge in [0.25, 0.3) is 0 Å². The lowest BCUT2D eigenvalue weighted by atomic mass is 10.8. The zero-order valence-corrected chi connectivity index (χ0v) is 17.0. The fraction of sp³-hybridized carbons (Fsp3) is 1.00. The van der Waals surface area contributed by atoms with Crippen molar-refractivity contribution in [3.05, 3.63) is 0 Å². The van der Waals surface area contributed by atoms with Crippen LogP contribution in [0.1, 0.15) is 6.92 Å². The standard InChI is InChI=1S/C9H27NO4Si4/c1-9-10(2)18(8)12-15(3)11-16(4,5)13-17(6,7)14-18/h15H,9H2,1-8H3. The first-order valence-electron chi connectivity index (χ1n) is 6.47. The Balaban J connectivity index is 2.98. The summed E-state index contributed by atoms with van der Waals surface area (Å²) in [5, 5.41) is 0. The van der Waals surface area contributed by atoms with Gasteiger partial charge in [0.2, 0.25) is 0 Å². The van der Waals surface area contributed by atoms with Crippen LogP contribution in [-0.4, -0.2) is 53.3 Å². The topological polar surface area (TPSA) is 40.2 Å². The van der Waals surface area contributed by atoms with Crippen LogP contribution < -0.4 is 0 Å². The number of rotatable bonds is 2. The highest BCUT2D eigenvalue weighted by atomic mass is 28.5. The molecule has 18 heavy (non-hydrogen) atoms. The van der Waals surface area contributed by atoms with Crippen molar-refractivity contribution in [3.8, 4) is 0 Å². The van der Waals surface area contributed by atoms with E-state index in [1.165, 1.54) is 0 Å². The Hall–Kier alpha value is 0.668. The van der Waals surface area contributed by atoms with Crippen molar-refractivity contribution in [2.45, 2.75) is 46.2 Å². The molecule has 2 atom stereocenters. The summed E-state index contributed by atoms with van der Waals surface area (Å²) in [6.07, 6.45) is 0. The molecule has 1 aliphatic heterocycles. The Labute approximate surface area is 116 Å². The summed E-state index contributed by atoms with van der Waals surface area (Å²) in [6, 6.07) is 0. The minimum absolute atomic E-state index is 0.912. The van der Waals surface area contributed by atoms with Crippen LogP contribution in [0.15, 0.2) is 0 Å². The van der Waals surface area contributed by atoms with Crippen LogP contribution in [-0.2, 0) is 16.5 Å². The SMILES string of the molecule is CCN(C)[Si]1(C)O[SiH](C)O[Si](C)(C)O[Si](C)(C)O1. The van der Waals surface area contributed by atoms with E-state index in [9.17, 15) is 0 Å². The molecular formula is C9H27NO4Si4. The third-order valence-corrected chi connectivity index (χ3v) is 18.7. The number of nitrogens with zero attached hydrogens (tertiary/aromatic N) is 1. The van der Waals surface area contributed by atoms with E-state index in [2.05, 4.69) is 57.8 Å². The quantitative estimate of drug-likeness (QED) is 0.725. The predicted molar refractivity (Wildman–Crippen MR) is 82.2 cm³/mol. The van der Waals surface area contributed by atoms with Crippen molar-refractivity contribution in [3.63, 3.8) is 0 Å². The Morgan fingerprint density at radius 2 is 1.50 bits per heavy atom. The van der Waals surface area contributed by atoms with Crippen LogP contribution >= 0.6 is 0 Å². The smallest absolute Gasteiger partial charge is 0.406 e. The molecule has 1 heterocycles. The van der Waals surface area contributed by atoms with Crippen LogP contribution in [0.5, 0.6) is 0 Å². The highest BCUT2D eigenvalue weighted by Crippen LogP contribution is 2.27. The second kappa shape index (κ2) is 5.58. The van der Waals surface area contributed by atoms with Gasteiger partial charge in [0, 0.05) is 0 Å². The molecule has 1 fully saturated rings. The monoisotopic (exact) mass is 325 g/mol. The summed E-state index contributed by atoms with van der Waals surface area (Å²) in [4.78, 5) is 0. The molecule has 0 aliphatic carbocycles. The van der Waals surface area contributed by atoms with Gasteiger partial charge < -0.3 is 16.5 Å². The molecule has 0 aromatic carbocycles. The molecule has 1 rings (SSSR count). The van der Waals surface area contributed by atoms with Gasteiger partial charge in [0.1, 0.15) is 0 Å². The summed E-state index contributed by atoms with van der Waals surface area (Å²) in [5.41, 5.74) is 0. The van der Waals surface area contributed by atoms with Crippen molar-refractivity contribution >= 4 is 35.1 Å².